The summed E-state index contributed by atoms with van der Waals surface area (Å²) in [6, 6.07) is 3.71. The molecule has 0 amide bonds. The van der Waals surface area contributed by atoms with E-state index in [9.17, 15) is 4.39 Å². The Morgan fingerprint density at radius 1 is 1.27 bits per heavy atom. The van der Waals surface area contributed by atoms with Gasteiger partial charge in [-0.1, -0.05) is 32.4 Å². The van der Waals surface area contributed by atoms with Gasteiger partial charge in [-0.15, -0.1) is 11.6 Å². The van der Waals surface area contributed by atoms with E-state index in [1.54, 1.807) is 13.8 Å². The van der Waals surface area contributed by atoms with Crippen LogP contribution in [0.4, 0.5) is 4.39 Å². The first-order chi connectivity index (χ1) is 6.97. The number of benzene rings is 1. The van der Waals surface area contributed by atoms with Crippen molar-refractivity contribution in [3.8, 4) is 0 Å². The summed E-state index contributed by atoms with van der Waals surface area (Å²) in [4.78, 5) is 0. The molecule has 0 heterocycles. The molecule has 0 saturated carbocycles. The predicted molar refractivity (Wildman–Crippen MR) is 63.9 cm³/mol. The Morgan fingerprint density at radius 3 is 2.13 bits per heavy atom. The Bertz CT molecular complexity index is 323. The lowest BCUT2D eigenvalue weighted by atomic mass is 9.95. The van der Waals surface area contributed by atoms with E-state index in [0.717, 1.165) is 12.0 Å². The molecule has 0 fully saturated rings. The normalized spacial score (nSPS) is 15.1. The van der Waals surface area contributed by atoms with E-state index in [1.165, 1.54) is 0 Å². The third-order valence-corrected chi connectivity index (χ3v) is 3.60. The molecule has 0 aliphatic heterocycles. The number of rotatable bonds is 3. The molecule has 0 aliphatic rings. The van der Waals surface area contributed by atoms with Crippen LogP contribution >= 0.6 is 11.6 Å². The van der Waals surface area contributed by atoms with Crippen LogP contribution in [0.1, 0.15) is 42.3 Å². The molecule has 0 N–H and O–H groups in total. The standard InChI is InChI=1S/C13H18ClF/c1-5-8(2)12(14)11-6-9(3)13(15)10(4)7-11/h6-8,12H,5H2,1-4H3. The van der Waals surface area contributed by atoms with Gasteiger partial charge in [0.1, 0.15) is 5.82 Å². The average Bonchev–Trinajstić information content (AvgIpc) is 2.23. The zero-order valence-corrected chi connectivity index (χ0v) is 10.5. The molecule has 0 bridgehead atoms. The van der Waals surface area contributed by atoms with Crippen LogP contribution in [0, 0.1) is 25.6 Å². The zero-order valence-electron chi connectivity index (χ0n) is 9.77. The SMILES string of the molecule is CCC(C)C(Cl)c1cc(C)c(F)c(C)c1. The predicted octanol–water partition coefficient (Wildman–Crippen LogP) is 4.77. The second-order valence-electron chi connectivity index (χ2n) is 4.26. The lowest BCUT2D eigenvalue weighted by Crippen LogP contribution is -2.04. The highest BCUT2D eigenvalue weighted by atomic mass is 35.5. The van der Waals surface area contributed by atoms with Crippen molar-refractivity contribution in [2.45, 2.75) is 39.5 Å². The van der Waals surface area contributed by atoms with Crippen molar-refractivity contribution >= 4 is 11.6 Å². The molecule has 1 aromatic rings. The Kier molecular flexibility index (Phi) is 4.15. The summed E-state index contributed by atoms with van der Waals surface area (Å²) < 4.78 is 13.4. The first-order valence-electron chi connectivity index (χ1n) is 5.38. The molecule has 0 radical (unpaired) electrons. The number of alkyl halides is 1. The minimum atomic E-state index is -0.119. The molecule has 2 unspecified atom stereocenters. The first kappa shape index (κ1) is 12.5. The second kappa shape index (κ2) is 4.98. The van der Waals surface area contributed by atoms with Crippen LogP contribution in [0.3, 0.4) is 0 Å². The topological polar surface area (TPSA) is 0 Å². The van der Waals surface area contributed by atoms with Gasteiger partial charge in [-0.2, -0.15) is 0 Å². The second-order valence-corrected chi connectivity index (χ2v) is 4.73. The van der Waals surface area contributed by atoms with E-state index >= 15 is 0 Å². The fourth-order valence-electron chi connectivity index (χ4n) is 1.67. The van der Waals surface area contributed by atoms with Gasteiger partial charge in [0.05, 0.1) is 5.38 Å². The van der Waals surface area contributed by atoms with Crippen LogP contribution in [-0.2, 0) is 0 Å². The number of aryl methyl sites for hydroxylation is 2. The van der Waals surface area contributed by atoms with Crippen LogP contribution in [0.15, 0.2) is 12.1 Å². The monoisotopic (exact) mass is 228 g/mol. The van der Waals surface area contributed by atoms with Crippen LogP contribution in [0.25, 0.3) is 0 Å². The Morgan fingerprint density at radius 2 is 1.73 bits per heavy atom. The summed E-state index contributed by atoms with van der Waals surface area (Å²) in [6.45, 7) is 7.80. The lowest BCUT2D eigenvalue weighted by molar-refractivity contribution is 0.539. The van der Waals surface area contributed by atoms with Crippen molar-refractivity contribution in [2.75, 3.05) is 0 Å². The van der Waals surface area contributed by atoms with Gasteiger partial charge in [0.15, 0.2) is 0 Å². The molecular weight excluding hydrogens is 211 g/mol. The molecule has 2 atom stereocenters. The summed E-state index contributed by atoms with van der Waals surface area (Å²) in [6.07, 6.45) is 1.03. The molecular formula is C13H18ClF. The zero-order chi connectivity index (χ0) is 11.6. The van der Waals surface area contributed by atoms with Crippen molar-refractivity contribution in [2.24, 2.45) is 5.92 Å². The van der Waals surface area contributed by atoms with Crippen LogP contribution in [0.5, 0.6) is 0 Å². The van der Waals surface area contributed by atoms with Crippen LogP contribution < -0.4 is 0 Å². The van der Waals surface area contributed by atoms with Crippen molar-refractivity contribution in [1.29, 1.82) is 0 Å². The molecule has 1 rings (SSSR count). The lowest BCUT2D eigenvalue weighted by Gasteiger charge is -2.18. The van der Waals surface area contributed by atoms with Gasteiger partial charge in [0.2, 0.25) is 0 Å². The van der Waals surface area contributed by atoms with Crippen LogP contribution in [0.2, 0.25) is 0 Å². The van der Waals surface area contributed by atoms with Crippen molar-refractivity contribution in [3.05, 3.63) is 34.6 Å². The van der Waals surface area contributed by atoms with E-state index in [2.05, 4.69) is 13.8 Å². The summed E-state index contributed by atoms with van der Waals surface area (Å²) in [5, 5.41) is -0.0204. The molecule has 0 nitrogen and oxygen atoms in total. The van der Waals surface area contributed by atoms with Crippen LogP contribution in [-0.4, -0.2) is 0 Å². The Balaban J connectivity index is 3.06. The van der Waals surface area contributed by atoms with E-state index in [4.69, 9.17) is 11.6 Å². The highest BCUT2D eigenvalue weighted by molar-refractivity contribution is 6.21. The van der Waals surface area contributed by atoms with Gasteiger partial charge in [-0.05, 0) is 36.5 Å². The largest absolute Gasteiger partial charge is 0.206 e. The van der Waals surface area contributed by atoms with Crippen molar-refractivity contribution in [1.82, 2.24) is 0 Å². The van der Waals surface area contributed by atoms with Gasteiger partial charge in [0.25, 0.3) is 0 Å². The third-order valence-electron chi connectivity index (χ3n) is 2.92. The average molecular weight is 229 g/mol. The van der Waals surface area contributed by atoms with Gasteiger partial charge in [-0.3, -0.25) is 0 Å². The Hall–Kier alpha value is -0.560. The van der Waals surface area contributed by atoms with Crippen molar-refractivity contribution < 1.29 is 4.39 Å². The van der Waals surface area contributed by atoms with E-state index in [-0.39, 0.29) is 11.2 Å². The summed E-state index contributed by atoms with van der Waals surface area (Å²) >= 11 is 6.33. The van der Waals surface area contributed by atoms with E-state index < -0.39 is 0 Å². The summed E-state index contributed by atoms with van der Waals surface area (Å²) in [7, 11) is 0. The maximum atomic E-state index is 13.4. The molecule has 2 heteroatoms. The van der Waals surface area contributed by atoms with E-state index in [0.29, 0.717) is 17.0 Å². The summed E-state index contributed by atoms with van der Waals surface area (Å²) in [5.41, 5.74) is 2.39. The van der Waals surface area contributed by atoms with Gasteiger partial charge < -0.3 is 0 Å². The van der Waals surface area contributed by atoms with Gasteiger partial charge in [0, 0.05) is 0 Å². The molecule has 0 spiro atoms. The molecule has 0 aromatic heterocycles. The van der Waals surface area contributed by atoms with E-state index in [1.807, 2.05) is 12.1 Å². The van der Waals surface area contributed by atoms with Gasteiger partial charge in [-0.25, -0.2) is 4.39 Å². The smallest absolute Gasteiger partial charge is 0.129 e. The fraction of sp³-hybridized carbons (Fsp3) is 0.538. The molecule has 0 saturated heterocycles. The Labute approximate surface area is 96.5 Å². The third kappa shape index (κ3) is 2.72. The number of hydrogen-bond donors (Lipinski definition) is 0. The summed E-state index contributed by atoms with van der Waals surface area (Å²) in [5.74, 6) is 0.294. The highest BCUT2D eigenvalue weighted by Crippen LogP contribution is 2.32. The van der Waals surface area contributed by atoms with Crippen molar-refractivity contribution in [3.63, 3.8) is 0 Å². The minimum Gasteiger partial charge on any atom is -0.206 e. The molecule has 0 aliphatic carbocycles. The molecule has 84 valence electrons. The maximum absolute atomic E-state index is 13.4. The molecule has 15 heavy (non-hydrogen) atoms. The number of hydrogen-bond acceptors (Lipinski definition) is 0. The highest BCUT2D eigenvalue weighted by Gasteiger charge is 2.16. The maximum Gasteiger partial charge on any atom is 0.129 e. The first-order valence-corrected chi connectivity index (χ1v) is 5.81. The fourth-order valence-corrected chi connectivity index (χ4v) is 1.98. The number of halogens is 2. The van der Waals surface area contributed by atoms with Gasteiger partial charge >= 0.3 is 0 Å². The quantitative estimate of drug-likeness (QED) is 0.654. The molecule has 1 aromatic carbocycles. The minimum absolute atomic E-state index is 0.0204.